The number of amides is 2. The van der Waals surface area contributed by atoms with Gasteiger partial charge in [-0.2, -0.15) is 0 Å². The van der Waals surface area contributed by atoms with E-state index in [4.69, 9.17) is 4.74 Å². The van der Waals surface area contributed by atoms with Crippen LogP contribution in [0.25, 0.3) is 11.1 Å². The highest BCUT2D eigenvalue weighted by molar-refractivity contribution is 5.88. The van der Waals surface area contributed by atoms with Crippen LogP contribution in [0.4, 0.5) is 4.79 Å². The molecule has 3 N–H and O–H groups in total. The standard InChI is InChI=1S/C24H26N2O5/c1-15(13-21(27)26-24(22(28)29)11-6-12-24)25-23(30)31-14-20-18-9-4-2-7-16(18)17-8-3-5-10-19(17)20/h2-5,7-10,15,20H,6,11-14H2,1H3,(H,25,30)(H,26,27)(H,28,29)/t15-/m0/s1. The van der Waals surface area contributed by atoms with Gasteiger partial charge in [-0.1, -0.05) is 48.5 Å². The highest BCUT2D eigenvalue weighted by Crippen LogP contribution is 2.44. The monoisotopic (exact) mass is 422 g/mol. The molecule has 2 aliphatic rings. The topological polar surface area (TPSA) is 105 Å². The number of fused-ring (bicyclic) bond motifs is 3. The lowest BCUT2D eigenvalue weighted by Crippen LogP contribution is -2.59. The summed E-state index contributed by atoms with van der Waals surface area (Å²) in [6.45, 7) is 1.89. The van der Waals surface area contributed by atoms with Crippen LogP contribution >= 0.6 is 0 Å². The molecular formula is C24H26N2O5. The van der Waals surface area contributed by atoms with Crippen LogP contribution in [0.2, 0.25) is 0 Å². The number of benzene rings is 2. The smallest absolute Gasteiger partial charge is 0.407 e. The molecule has 2 amide bonds. The van der Waals surface area contributed by atoms with E-state index in [2.05, 4.69) is 22.8 Å². The van der Waals surface area contributed by atoms with Gasteiger partial charge in [0.2, 0.25) is 5.91 Å². The molecule has 1 fully saturated rings. The summed E-state index contributed by atoms with van der Waals surface area (Å²) < 4.78 is 5.49. The van der Waals surface area contributed by atoms with Crippen molar-refractivity contribution in [3.8, 4) is 11.1 Å². The molecule has 0 heterocycles. The van der Waals surface area contributed by atoms with Gasteiger partial charge in [-0.3, -0.25) is 4.79 Å². The maximum absolute atomic E-state index is 12.3. The van der Waals surface area contributed by atoms with Crippen LogP contribution in [0, 0.1) is 0 Å². The summed E-state index contributed by atoms with van der Waals surface area (Å²) in [5.41, 5.74) is 3.41. The molecule has 2 aromatic carbocycles. The van der Waals surface area contributed by atoms with Crippen LogP contribution in [0.3, 0.4) is 0 Å². The van der Waals surface area contributed by atoms with Crippen molar-refractivity contribution in [3.63, 3.8) is 0 Å². The molecule has 4 rings (SSSR count). The minimum atomic E-state index is -1.15. The van der Waals surface area contributed by atoms with Gasteiger partial charge in [0.15, 0.2) is 0 Å². The van der Waals surface area contributed by atoms with Crippen molar-refractivity contribution in [1.29, 1.82) is 0 Å². The normalized spacial score (nSPS) is 16.9. The summed E-state index contributed by atoms with van der Waals surface area (Å²) in [5.74, 6) is -1.44. The lowest BCUT2D eigenvalue weighted by Gasteiger charge is -2.38. The molecule has 1 saturated carbocycles. The first-order valence-corrected chi connectivity index (χ1v) is 10.6. The molecule has 0 aromatic heterocycles. The quantitative estimate of drug-likeness (QED) is 0.634. The van der Waals surface area contributed by atoms with Gasteiger partial charge in [0.05, 0.1) is 0 Å². The second-order valence-electron chi connectivity index (χ2n) is 8.36. The van der Waals surface area contributed by atoms with E-state index >= 15 is 0 Å². The van der Waals surface area contributed by atoms with Gasteiger partial charge in [-0.05, 0) is 48.4 Å². The predicted molar refractivity (Wildman–Crippen MR) is 115 cm³/mol. The molecule has 2 aliphatic carbocycles. The third kappa shape index (κ3) is 4.13. The number of carbonyl (C=O) groups excluding carboxylic acids is 2. The average Bonchev–Trinajstić information content (AvgIpc) is 3.02. The Kier molecular flexibility index (Phi) is 5.67. The molecule has 0 saturated heterocycles. The zero-order valence-corrected chi connectivity index (χ0v) is 17.4. The number of hydrogen-bond acceptors (Lipinski definition) is 4. The second kappa shape index (κ2) is 8.41. The van der Waals surface area contributed by atoms with Gasteiger partial charge in [-0.25, -0.2) is 9.59 Å². The molecular weight excluding hydrogens is 396 g/mol. The molecule has 162 valence electrons. The third-order valence-electron chi connectivity index (χ3n) is 6.19. The van der Waals surface area contributed by atoms with Gasteiger partial charge in [-0.15, -0.1) is 0 Å². The number of hydrogen-bond donors (Lipinski definition) is 3. The fourth-order valence-electron chi connectivity index (χ4n) is 4.41. The van der Waals surface area contributed by atoms with Crippen LogP contribution in [0.1, 0.15) is 49.7 Å². The van der Waals surface area contributed by atoms with Crippen LogP contribution in [-0.4, -0.2) is 41.3 Å². The second-order valence-corrected chi connectivity index (χ2v) is 8.36. The number of carboxylic acids is 1. The molecule has 0 aliphatic heterocycles. The maximum atomic E-state index is 12.3. The van der Waals surface area contributed by atoms with Crippen molar-refractivity contribution in [1.82, 2.24) is 10.6 Å². The minimum absolute atomic E-state index is 0.0147. The summed E-state index contributed by atoms with van der Waals surface area (Å²) in [7, 11) is 0. The molecule has 0 unspecified atom stereocenters. The molecule has 2 aromatic rings. The summed E-state index contributed by atoms with van der Waals surface area (Å²) in [4.78, 5) is 35.9. The summed E-state index contributed by atoms with van der Waals surface area (Å²) in [6, 6.07) is 15.7. The maximum Gasteiger partial charge on any atom is 0.407 e. The van der Waals surface area contributed by atoms with E-state index in [1.165, 1.54) is 0 Å². The van der Waals surface area contributed by atoms with E-state index in [1.54, 1.807) is 6.92 Å². The molecule has 1 atom stereocenters. The Morgan fingerprint density at radius 2 is 1.65 bits per heavy atom. The first-order chi connectivity index (χ1) is 14.9. The number of carboxylic acid groups (broad SMARTS) is 1. The van der Waals surface area contributed by atoms with E-state index in [1.807, 2.05) is 36.4 Å². The summed E-state index contributed by atoms with van der Waals surface area (Å²) >= 11 is 0. The molecule has 0 bridgehead atoms. The number of aliphatic carboxylic acids is 1. The van der Waals surface area contributed by atoms with Crippen LogP contribution in [0.15, 0.2) is 48.5 Å². The number of nitrogens with one attached hydrogen (secondary N) is 2. The molecule has 7 heteroatoms. The molecule has 0 radical (unpaired) electrons. The lowest BCUT2D eigenvalue weighted by atomic mass is 9.76. The summed E-state index contributed by atoms with van der Waals surface area (Å²) in [6.07, 6.45) is 1.03. The zero-order chi connectivity index (χ0) is 22.0. The fourth-order valence-corrected chi connectivity index (χ4v) is 4.41. The minimum Gasteiger partial charge on any atom is -0.480 e. The molecule has 7 nitrogen and oxygen atoms in total. The Morgan fingerprint density at radius 3 is 2.16 bits per heavy atom. The van der Waals surface area contributed by atoms with Crippen molar-refractivity contribution in [2.45, 2.75) is 50.1 Å². The number of alkyl carbamates (subject to hydrolysis) is 1. The van der Waals surface area contributed by atoms with Crippen LogP contribution in [-0.2, 0) is 14.3 Å². The van der Waals surface area contributed by atoms with Gasteiger partial charge in [0, 0.05) is 18.4 Å². The highest BCUT2D eigenvalue weighted by Gasteiger charge is 2.45. The van der Waals surface area contributed by atoms with Crippen LogP contribution in [0.5, 0.6) is 0 Å². The largest absolute Gasteiger partial charge is 0.480 e. The molecule has 0 spiro atoms. The van der Waals surface area contributed by atoms with E-state index in [9.17, 15) is 19.5 Å². The molecule has 31 heavy (non-hydrogen) atoms. The van der Waals surface area contributed by atoms with Crippen molar-refractivity contribution in [3.05, 3.63) is 59.7 Å². The third-order valence-corrected chi connectivity index (χ3v) is 6.19. The fraction of sp³-hybridized carbons (Fsp3) is 0.375. The first-order valence-electron chi connectivity index (χ1n) is 10.6. The predicted octanol–water partition coefficient (Wildman–Crippen LogP) is 3.43. The Morgan fingerprint density at radius 1 is 1.06 bits per heavy atom. The van der Waals surface area contributed by atoms with Gasteiger partial charge >= 0.3 is 12.1 Å². The number of ether oxygens (including phenoxy) is 1. The van der Waals surface area contributed by atoms with Gasteiger partial charge in [0.25, 0.3) is 0 Å². The Balaban J connectivity index is 1.30. The highest BCUT2D eigenvalue weighted by atomic mass is 16.5. The Bertz CT molecular complexity index is 969. The first kappa shape index (κ1) is 20.9. The Hall–Kier alpha value is -3.35. The van der Waals surface area contributed by atoms with Crippen molar-refractivity contribution >= 4 is 18.0 Å². The van der Waals surface area contributed by atoms with E-state index in [0.29, 0.717) is 12.8 Å². The van der Waals surface area contributed by atoms with E-state index in [0.717, 1.165) is 28.7 Å². The van der Waals surface area contributed by atoms with E-state index in [-0.39, 0.29) is 18.9 Å². The lowest BCUT2D eigenvalue weighted by molar-refractivity contribution is -0.151. The van der Waals surface area contributed by atoms with E-state index < -0.39 is 29.6 Å². The van der Waals surface area contributed by atoms with Crippen molar-refractivity contribution in [2.75, 3.05) is 6.61 Å². The zero-order valence-electron chi connectivity index (χ0n) is 17.4. The van der Waals surface area contributed by atoms with Crippen LogP contribution < -0.4 is 10.6 Å². The number of carbonyl (C=O) groups is 3. The summed E-state index contributed by atoms with van der Waals surface area (Å²) in [5, 5.41) is 14.6. The Labute approximate surface area is 180 Å². The van der Waals surface area contributed by atoms with Crippen molar-refractivity contribution in [2.24, 2.45) is 0 Å². The average molecular weight is 422 g/mol. The SMILES string of the molecule is C[C@@H](CC(=O)NC1(C(=O)O)CCC1)NC(=O)OCC1c2ccccc2-c2ccccc21. The van der Waals surface area contributed by atoms with Gasteiger partial charge < -0.3 is 20.5 Å². The van der Waals surface area contributed by atoms with Crippen molar-refractivity contribution < 1.29 is 24.2 Å². The van der Waals surface area contributed by atoms with Gasteiger partial charge in [0.1, 0.15) is 12.1 Å². The number of rotatable bonds is 7.